The maximum Gasteiger partial charge on any atom is 0.459 e. The molecule has 0 atom stereocenters. The van der Waals surface area contributed by atoms with Gasteiger partial charge in [0.2, 0.25) is 0 Å². The Balaban J connectivity index is 2.51. The Bertz CT molecular complexity index is 1040. The van der Waals surface area contributed by atoms with Crippen LogP contribution in [0.3, 0.4) is 0 Å². The average molecular weight is 436 g/mol. The Labute approximate surface area is 163 Å². The summed E-state index contributed by atoms with van der Waals surface area (Å²) < 4.78 is 122. The van der Waals surface area contributed by atoms with E-state index in [0.29, 0.717) is 0 Å². The average Bonchev–Trinajstić information content (AvgIpc) is 2.66. The van der Waals surface area contributed by atoms with Gasteiger partial charge >= 0.3 is 18.3 Å². The highest BCUT2D eigenvalue weighted by atomic mass is 19.4. The monoisotopic (exact) mass is 436 g/mol. The molecule has 0 amide bonds. The van der Waals surface area contributed by atoms with Crippen LogP contribution < -0.4 is 0 Å². The first-order chi connectivity index (χ1) is 13.9. The molecule has 1 aromatic carbocycles. The molecular formula is C19H9F9N2. The van der Waals surface area contributed by atoms with E-state index in [1.54, 1.807) is 0 Å². The molecule has 0 bridgehead atoms. The molecule has 0 unspecified atom stereocenters. The second kappa shape index (κ2) is 7.29. The molecule has 0 N–H and O–H groups in total. The van der Waals surface area contributed by atoms with Crippen molar-refractivity contribution < 1.29 is 39.5 Å². The number of nitrogens with zero attached hydrogens (tertiary/aromatic N) is 2. The van der Waals surface area contributed by atoms with E-state index in [9.17, 15) is 35.1 Å². The fourth-order valence-corrected chi connectivity index (χ4v) is 2.73. The summed E-state index contributed by atoms with van der Waals surface area (Å²) in [4.78, 5) is 6.72. The van der Waals surface area contributed by atoms with E-state index in [1.165, 1.54) is 42.5 Å². The number of hydrogen-bond donors (Lipinski definition) is 0. The van der Waals surface area contributed by atoms with Crippen molar-refractivity contribution in [3.8, 4) is 22.5 Å². The van der Waals surface area contributed by atoms with Crippen molar-refractivity contribution in [1.82, 2.24) is 9.97 Å². The SMILES string of the molecule is Fc1c(-c2ccccn2)c(-c2ccccc2)nc(C(F)(F)C(F)(F)F)c1C(F)(F)F. The third-order valence-electron chi connectivity index (χ3n) is 4.04. The van der Waals surface area contributed by atoms with Gasteiger partial charge in [-0.1, -0.05) is 36.4 Å². The molecule has 2 nitrogen and oxygen atoms in total. The summed E-state index contributed by atoms with van der Waals surface area (Å²) in [6, 6.07) is 10.2. The van der Waals surface area contributed by atoms with Crippen LogP contribution in [0.1, 0.15) is 11.3 Å². The highest BCUT2D eigenvalue weighted by Crippen LogP contribution is 2.50. The predicted molar refractivity (Wildman–Crippen MR) is 87.8 cm³/mol. The summed E-state index contributed by atoms with van der Waals surface area (Å²) in [5.41, 5.74) is -7.95. The lowest BCUT2D eigenvalue weighted by molar-refractivity contribution is -0.292. The minimum absolute atomic E-state index is 0.176. The number of aromatic nitrogens is 2. The van der Waals surface area contributed by atoms with Gasteiger partial charge in [0.1, 0.15) is 17.1 Å². The van der Waals surface area contributed by atoms with Crippen molar-refractivity contribution in [3.63, 3.8) is 0 Å². The molecule has 0 spiro atoms. The van der Waals surface area contributed by atoms with Gasteiger partial charge in [0.05, 0.1) is 17.0 Å². The largest absolute Gasteiger partial charge is 0.459 e. The zero-order chi connectivity index (χ0) is 22.3. The first-order valence-corrected chi connectivity index (χ1v) is 8.08. The number of halogens is 9. The van der Waals surface area contributed by atoms with Gasteiger partial charge in [-0.3, -0.25) is 4.98 Å². The Morgan fingerprint density at radius 1 is 0.733 bits per heavy atom. The van der Waals surface area contributed by atoms with Gasteiger partial charge in [0.25, 0.3) is 0 Å². The molecular weight excluding hydrogens is 427 g/mol. The van der Waals surface area contributed by atoms with Crippen molar-refractivity contribution in [1.29, 1.82) is 0 Å². The van der Waals surface area contributed by atoms with Crippen LogP contribution in [0.5, 0.6) is 0 Å². The smallest absolute Gasteiger partial charge is 0.256 e. The maximum atomic E-state index is 15.1. The molecule has 0 saturated carbocycles. The van der Waals surface area contributed by atoms with Crippen LogP contribution in [-0.4, -0.2) is 16.1 Å². The molecule has 2 aromatic heterocycles. The third kappa shape index (κ3) is 3.71. The molecule has 30 heavy (non-hydrogen) atoms. The van der Waals surface area contributed by atoms with Crippen LogP contribution in [-0.2, 0) is 12.1 Å². The van der Waals surface area contributed by atoms with E-state index in [0.717, 1.165) is 12.3 Å². The summed E-state index contributed by atoms with van der Waals surface area (Å²) in [6.45, 7) is 0. The summed E-state index contributed by atoms with van der Waals surface area (Å²) in [7, 11) is 0. The first-order valence-electron chi connectivity index (χ1n) is 8.08. The summed E-state index contributed by atoms with van der Waals surface area (Å²) >= 11 is 0. The number of pyridine rings is 2. The van der Waals surface area contributed by atoms with Gasteiger partial charge in [0.15, 0.2) is 0 Å². The summed E-state index contributed by atoms with van der Waals surface area (Å²) in [6.07, 6.45) is -11.2. The second-order valence-electron chi connectivity index (χ2n) is 6.02. The standard InChI is InChI=1S/C19H9F9N2/c20-14-12(11-8-4-5-9-29-11)15(10-6-2-1-3-7-10)30-16(13(14)18(23,24)25)17(21,22)19(26,27)28/h1-9H. The number of benzene rings is 1. The molecule has 0 aliphatic heterocycles. The summed E-state index contributed by atoms with van der Waals surface area (Å²) in [5, 5.41) is 0. The molecule has 3 aromatic rings. The predicted octanol–water partition coefficient (Wildman–Crippen LogP) is 6.62. The molecule has 0 aliphatic carbocycles. The van der Waals surface area contributed by atoms with Gasteiger partial charge in [-0.05, 0) is 12.1 Å². The molecule has 2 heterocycles. The Kier molecular flexibility index (Phi) is 5.25. The van der Waals surface area contributed by atoms with Gasteiger partial charge in [-0.25, -0.2) is 9.37 Å². The second-order valence-corrected chi connectivity index (χ2v) is 6.02. The van der Waals surface area contributed by atoms with Crippen molar-refractivity contribution in [2.75, 3.05) is 0 Å². The fourth-order valence-electron chi connectivity index (χ4n) is 2.73. The zero-order valence-electron chi connectivity index (χ0n) is 14.5. The first kappa shape index (κ1) is 21.6. The van der Waals surface area contributed by atoms with Crippen LogP contribution >= 0.6 is 0 Å². The van der Waals surface area contributed by atoms with Crippen molar-refractivity contribution >= 4 is 0 Å². The normalized spacial score (nSPS) is 12.8. The maximum absolute atomic E-state index is 15.1. The van der Waals surface area contributed by atoms with Crippen LogP contribution in [0.25, 0.3) is 22.5 Å². The van der Waals surface area contributed by atoms with Crippen molar-refractivity contribution in [3.05, 3.63) is 71.8 Å². The Morgan fingerprint density at radius 2 is 1.33 bits per heavy atom. The Morgan fingerprint density at radius 3 is 1.83 bits per heavy atom. The van der Waals surface area contributed by atoms with E-state index in [1.807, 2.05) is 0 Å². The molecule has 0 radical (unpaired) electrons. The Hall–Kier alpha value is -3.11. The summed E-state index contributed by atoms with van der Waals surface area (Å²) in [5.74, 6) is -8.39. The topological polar surface area (TPSA) is 25.8 Å². The van der Waals surface area contributed by atoms with Crippen LogP contribution in [0, 0.1) is 5.82 Å². The quantitative estimate of drug-likeness (QED) is 0.431. The number of hydrogen-bond acceptors (Lipinski definition) is 2. The minimum Gasteiger partial charge on any atom is -0.256 e. The van der Waals surface area contributed by atoms with Gasteiger partial charge < -0.3 is 0 Å². The highest BCUT2D eigenvalue weighted by molar-refractivity contribution is 5.80. The lowest BCUT2D eigenvalue weighted by Gasteiger charge is -2.25. The van der Waals surface area contributed by atoms with Crippen LogP contribution in [0.2, 0.25) is 0 Å². The molecule has 3 rings (SSSR count). The fraction of sp³-hybridized carbons (Fsp3) is 0.158. The molecule has 11 heteroatoms. The van der Waals surface area contributed by atoms with Gasteiger partial charge in [0, 0.05) is 11.8 Å². The highest BCUT2D eigenvalue weighted by Gasteiger charge is 2.63. The van der Waals surface area contributed by atoms with E-state index in [-0.39, 0.29) is 5.56 Å². The van der Waals surface area contributed by atoms with E-state index in [4.69, 9.17) is 0 Å². The molecule has 158 valence electrons. The number of alkyl halides is 8. The lowest BCUT2D eigenvalue weighted by atomic mass is 9.96. The lowest BCUT2D eigenvalue weighted by Crippen LogP contribution is -2.37. The van der Waals surface area contributed by atoms with Crippen LogP contribution in [0.15, 0.2) is 54.7 Å². The van der Waals surface area contributed by atoms with Crippen LogP contribution in [0.4, 0.5) is 39.5 Å². The molecule has 0 aliphatic rings. The molecule has 0 fully saturated rings. The van der Waals surface area contributed by atoms with Crippen molar-refractivity contribution in [2.45, 2.75) is 18.3 Å². The zero-order valence-corrected chi connectivity index (χ0v) is 14.5. The van der Waals surface area contributed by atoms with Gasteiger partial charge in [-0.2, -0.15) is 35.1 Å². The van der Waals surface area contributed by atoms with E-state index >= 15 is 4.39 Å². The number of rotatable bonds is 3. The minimum atomic E-state index is -6.44. The van der Waals surface area contributed by atoms with E-state index in [2.05, 4.69) is 9.97 Å². The van der Waals surface area contributed by atoms with Crippen molar-refractivity contribution in [2.24, 2.45) is 0 Å². The van der Waals surface area contributed by atoms with E-state index < -0.39 is 52.3 Å². The van der Waals surface area contributed by atoms with Gasteiger partial charge in [-0.15, -0.1) is 0 Å². The third-order valence-corrected chi connectivity index (χ3v) is 4.04. The molecule has 0 saturated heterocycles.